The minimum atomic E-state index is -2.86. The highest BCUT2D eigenvalue weighted by Crippen LogP contribution is 2.37. The van der Waals surface area contributed by atoms with Gasteiger partial charge in [-0.05, 0) is 68.6 Å². The van der Waals surface area contributed by atoms with E-state index in [4.69, 9.17) is 14.5 Å². The highest BCUT2D eigenvalue weighted by Gasteiger charge is 2.40. The topological polar surface area (TPSA) is 164 Å². The lowest BCUT2D eigenvalue weighted by Gasteiger charge is -2.39. The molecule has 0 spiro atoms. The SMILES string of the molecule is C[C@H]1CN(CC2CCC(n3cc(NC(=O)c4cnn5ccc(N6C[C@H]7C[C@@H]6CO7)nc45)c(C(F)F)n3)CC2)CC[C@@H]1OCC#Cc1ccc2c(N3CCC(=O)NC3=O)cncc2c1. The number of hydrogen-bond donors (Lipinski definition) is 2. The summed E-state index contributed by atoms with van der Waals surface area (Å²) >= 11 is 0. The van der Waals surface area contributed by atoms with Crippen molar-refractivity contribution in [3.63, 3.8) is 0 Å². The number of morpholine rings is 1. The molecule has 63 heavy (non-hydrogen) atoms. The number of carbonyl (C=O) groups excluding carboxylic acids is 3. The zero-order valence-electron chi connectivity index (χ0n) is 35.0. The van der Waals surface area contributed by atoms with E-state index in [1.807, 2.05) is 24.3 Å². The van der Waals surface area contributed by atoms with E-state index in [0.717, 1.165) is 86.9 Å². The molecule has 0 radical (unpaired) electrons. The minimum Gasteiger partial charge on any atom is -0.374 e. The van der Waals surface area contributed by atoms with Gasteiger partial charge >= 0.3 is 6.03 Å². The number of alkyl halides is 2. The molecular weight excluding hydrogens is 813 g/mol. The number of halogens is 2. The zero-order chi connectivity index (χ0) is 43.2. The summed E-state index contributed by atoms with van der Waals surface area (Å²) in [5, 5.41) is 15.4. The standard InChI is InChI=1S/C45H49F2N11O5/c1-27-22-54(13-10-38(27)62-16-2-3-28-6-9-34-30(17-28)19-48-21-37(34)55-14-12-40(59)52-45(55)61)23-29-4-7-31(8-5-29)58-25-36(41(53-58)42(46)47)50-44(60)35-20-49-57-15-11-39(51-43(35)57)56-24-33-18-32(56)26-63-33/h6,9,11,15,17,19-21,25,27,29,31-33,38,42H,4-5,7-8,10,12-14,16,18,22-24,26H2,1H3,(H,50,60)(H,52,59,61)/t27-,29?,31?,32+,33+,38-/m0/s1. The predicted molar refractivity (Wildman–Crippen MR) is 229 cm³/mol. The lowest BCUT2D eigenvalue weighted by molar-refractivity contribution is -0.120. The van der Waals surface area contributed by atoms with E-state index in [2.05, 4.69) is 54.4 Å². The summed E-state index contributed by atoms with van der Waals surface area (Å²) in [5.41, 5.74) is 1.58. The zero-order valence-corrected chi connectivity index (χ0v) is 35.0. The third-order valence-corrected chi connectivity index (χ3v) is 13.3. The van der Waals surface area contributed by atoms with E-state index < -0.39 is 24.1 Å². The van der Waals surface area contributed by atoms with Crippen LogP contribution in [0.4, 0.5) is 30.8 Å². The second-order valence-corrected chi connectivity index (χ2v) is 17.5. The molecule has 2 bridgehead atoms. The Bertz CT molecular complexity index is 2620. The van der Waals surface area contributed by atoms with Gasteiger partial charge in [0.1, 0.15) is 18.0 Å². The lowest BCUT2D eigenvalue weighted by atomic mass is 9.85. The van der Waals surface area contributed by atoms with Crippen LogP contribution in [0.1, 0.15) is 86.0 Å². The molecule has 1 aromatic carbocycles. The first kappa shape index (κ1) is 41.0. The summed E-state index contributed by atoms with van der Waals surface area (Å²) in [6, 6.07) is 7.41. The van der Waals surface area contributed by atoms with Gasteiger partial charge in [-0.15, -0.1) is 0 Å². The third-order valence-electron chi connectivity index (χ3n) is 13.3. The Morgan fingerprint density at radius 3 is 2.71 bits per heavy atom. The van der Waals surface area contributed by atoms with Crippen LogP contribution in [0.25, 0.3) is 16.4 Å². The van der Waals surface area contributed by atoms with Crippen molar-refractivity contribution in [2.24, 2.45) is 11.8 Å². The Hall–Kier alpha value is -6.03. The normalized spacial score (nSPS) is 25.2. The molecule has 5 aromatic rings. The molecule has 4 aromatic heterocycles. The molecule has 8 heterocycles. The number of carbonyl (C=O) groups is 3. The van der Waals surface area contributed by atoms with Crippen molar-refractivity contribution in [2.45, 2.75) is 82.6 Å². The number of benzene rings is 1. The molecule has 4 saturated heterocycles. The van der Waals surface area contributed by atoms with Gasteiger partial charge in [-0.3, -0.25) is 29.5 Å². The van der Waals surface area contributed by atoms with E-state index >= 15 is 0 Å². The van der Waals surface area contributed by atoms with Crippen LogP contribution >= 0.6 is 0 Å². The molecule has 4 amide bonds. The minimum absolute atomic E-state index is 0.00133. The third kappa shape index (κ3) is 8.44. The number of aromatic nitrogens is 6. The van der Waals surface area contributed by atoms with E-state index in [1.165, 1.54) is 15.6 Å². The molecule has 1 saturated carbocycles. The van der Waals surface area contributed by atoms with Crippen LogP contribution in [0.2, 0.25) is 0 Å². The molecule has 5 fully saturated rings. The number of imide groups is 1. The number of nitrogens with one attached hydrogen (secondary N) is 2. The van der Waals surface area contributed by atoms with Crippen molar-refractivity contribution in [1.29, 1.82) is 0 Å². The van der Waals surface area contributed by atoms with Gasteiger partial charge < -0.3 is 24.6 Å². The van der Waals surface area contributed by atoms with Crippen LogP contribution < -0.4 is 20.4 Å². The van der Waals surface area contributed by atoms with E-state index in [0.29, 0.717) is 42.9 Å². The maximum atomic E-state index is 14.3. The van der Waals surface area contributed by atoms with Crippen LogP contribution in [-0.4, -0.2) is 116 Å². The smallest absolute Gasteiger partial charge is 0.328 e. The monoisotopic (exact) mass is 861 g/mol. The number of likely N-dealkylation sites (tertiary alicyclic amines) is 1. The average Bonchev–Trinajstić information content (AvgIpc) is 4.11. The number of piperidine rings is 1. The second-order valence-electron chi connectivity index (χ2n) is 17.5. The van der Waals surface area contributed by atoms with E-state index in [9.17, 15) is 23.2 Å². The van der Waals surface area contributed by atoms with Crippen molar-refractivity contribution in [3.8, 4) is 11.8 Å². The first-order chi connectivity index (χ1) is 30.6. The number of fused-ring (bicyclic) bond motifs is 4. The first-order valence-corrected chi connectivity index (χ1v) is 21.9. The average molecular weight is 862 g/mol. The van der Waals surface area contributed by atoms with Crippen molar-refractivity contribution < 1.29 is 32.6 Å². The van der Waals surface area contributed by atoms with Gasteiger partial charge in [0.2, 0.25) is 5.91 Å². The van der Waals surface area contributed by atoms with Crippen LogP contribution in [0.15, 0.2) is 55.2 Å². The van der Waals surface area contributed by atoms with Gasteiger partial charge in [0.05, 0.1) is 54.7 Å². The van der Waals surface area contributed by atoms with Gasteiger partial charge in [0.25, 0.3) is 12.3 Å². The number of urea groups is 1. The molecule has 4 atom stereocenters. The molecule has 1 aliphatic carbocycles. The van der Waals surface area contributed by atoms with Crippen molar-refractivity contribution >= 4 is 51.5 Å². The quantitative estimate of drug-likeness (QED) is 0.168. The molecule has 18 heteroatoms. The van der Waals surface area contributed by atoms with E-state index in [-0.39, 0.29) is 47.9 Å². The second kappa shape index (κ2) is 17.3. The number of amides is 4. The highest BCUT2D eigenvalue weighted by molar-refractivity contribution is 6.10. The summed E-state index contributed by atoms with van der Waals surface area (Å²) in [4.78, 5) is 52.9. The maximum Gasteiger partial charge on any atom is 0.328 e. The Labute approximate surface area is 362 Å². The summed E-state index contributed by atoms with van der Waals surface area (Å²) in [6.07, 6.45) is 11.2. The number of ether oxygens (including phenoxy) is 2. The summed E-state index contributed by atoms with van der Waals surface area (Å²) in [5.74, 6) is 7.09. The molecular formula is C45H49F2N11O5. The number of hydrogen-bond acceptors (Lipinski definition) is 11. The van der Waals surface area contributed by atoms with Crippen molar-refractivity contribution in [2.75, 3.05) is 61.1 Å². The molecule has 2 N–H and O–H groups in total. The van der Waals surface area contributed by atoms with Gasteiger partial charge in [-0.25, -0.2) is 23.1 Å². The van der Waals surface area contributed by atoms with E-state index in [1.54, 1.807) is 29.5 Å². The fourth-order valence-electron chi connectivity index (χ4n) is 10.0. The molecule has 16 nitrogen and oxygen atoms in total. The van der Waals surface area contributed by atoms with Crippen molar-refractivity contribution in [3.05, 3.63) is 72.1 Å². The summed E-state index contributed by atoms with van der Waals surface area (Å²) in [7, 11) is 0. The largest absolute Gasteiger partial charge is 0.374 e. The number of anilines is 3. The maximum absolute atomic E-state index is 14.3. The Morgan fingerprint density at radius 1 is 1.06 bits per heavy atom. The summed E-state index contributed by atoms with van der Waals surface area (Å²) in [6.45, 7) is 7.07. The van der Waals surface area contributed by atoms with Gasteiger partial charge in [-0.2, -0.15) is 10.2 Å². The number of nitrogens with zero attached hydrogens (tertiary/aromatic N) is 9. The van der Waals surface area contributed by atoms with Crippen LogP contribution in [0, 0.1) is 23.7 Å². The van der Waals surface area contributed by atoms with Crippen LogP contribution in [0.5, 0.6) is 0 Å². The van der Waals surface area contributed by atoms with Crippen molar-refractivity contribution in [1.82, 2.24) is 39.6 Å². The Kier molecular flexibility index (Phi) is 11.2. The first-order valence-electron chi connectivity index (χ1n) is 21.9. The lowest BCUT2D eigenvalue weighted by Crippen LogP contribution is -2.49. The number of rotatable bonds is 10. The fraction of sp³-hybridized carbons (Fsp3) is 0.489. The summed E-state index contributed by atoms with van der Waals surface area (Å²) < 4.78 is 43.7. The molecule has 4 aliphatic heterocycles. The highest BCUT2D eigenvalue weighted by atomic mass is 19.3. The number of pyridine rings is 1. The van der Waals surface area contributed by atoms with Crippen LogP contribution in [0.3, 0.4) is 0 Å². The molecule has 5 aliphatic rings. The van der Waals surface area contributed by atoms with Gasteiger partial charge in [0.15, 0.2) is 11.3 Å². The molecule has 0 unspecified atom stereocenters. The fourth-order valence-corrected chi connectivity index (χ4v) is 10.0. The van der Waals surface area contributed by atoms with Gasteiger partial charge in [0, 0.05) is 74.1 Å². The predicted octanol–water partition coefficient (Wildman–Crippen LogP) is 5.60. The molecule has 10 rings (SSSR count). The Balaban J connectivity index is 0.694. The van der Waals surface area contributed by atoms with Gasteiger partial charge in [-0.1, -0.05) is 24.8 Å². The van der Waals surface area contributed by atoms with Crippen LogP contribution in [-0.2, 0) is 14.3 Å². The Morgan fingerprint density at radius 2 is 1.94 bits per heavy atom. The molecule has 328 valence electrons.